The number of benzene rings is 2. The monoisotopic (exact) mass is 393 g/mol. The van der Waals surface area contributed by atoms with E-state index in [2.05, 4.69) is 15.9 Å². The maximum absolute atomic E-state index is 6.10. The average molecular weight is 396 g/mol. The van der Waals surface area contributed by atoms with Gasteiger partial charge in [-0.1, -0.05) is 62.9 Å². The summed E-state index contributed by atoms with van der Waals surface area (Å²) in [4.78, 5) is 0. The second-order valence-corrected chi connectivity index (χ2v) is 6.23. The summed E-state index contributed by atoms with van der Waals surface area (Å²) in [6.07, 6.45) is -0.317. The maximum atomic E-state index is 6.10. The molecule has 1 unspecified atom stereocenters. The van der Waals surface area contributed by atoms with E-state index in [0.29, 0.717) is 27.4 Å². The zero-order chi connectivity index (χ0) is 14.7. The third kappa shape index (κ3) is 3.80. The largest absolute Gasteiger partial charge is 0.483 e. The summed E-state index contributed by atoms with van der Waals surface area (Å²) < 4.78 is 6.81. The molecule has 0 aliphatic heterocycles. The van der Waals surface area contributed by atoms with Crippen LogP contribution in [0, 0.1) is 0 Å². The molecule has 6 heteroatoms. The van der Waals surface area contributed by atoms with E-state index in [1.165, 1.54) is 0 Å². The van der Waals surface area contributed by atoms with Crippen LogP contribution in [0.5, 0.6) is 5.75 Å². The average Bonchev–Trinajstić information content (AvgIpc) is 2.41. The number of ether oxygens (including phenoxy) is 1. The van der Waals surface area contributed by atoms with Crippen LogP contribution >= 0.6 is 50.7 Å². The third-order valence-electron chi connectivity index (χ3n) is 2.68. The Morgan fingerprint density at radius 1 is 1.05 bits per heavy atom. The highest BCUT2D eigenvalue weighted by atomic mass is 79.9. The summed E-state index contributed by atoms with van der Waals surface area (Å²) in [5, 5.41) is 1.17. The Hall–Kier alpha value is -0.450. The molecule has 0 fully saturated rings. The number of nitrogens with two attached hydrogens (primary N) is 1. The predicted octanol–water partition coefficient (Wildman–Crippen LogP) is 5.49. The van der Waals surface area contributed by atoms with Crippen LogP contribution in [0.25, 0.3) is 0 Å². The SMILES string of the molecule is NCC(Oc1cc(Cl)c(Cl)cc1Cl)c1cccc(Br)c1. The first-order valence-electron chi connectivity index (χ1n) is 5.78. The normalized spacial score (nSPS) is 12.2. The van der Waals surface area contributed by atoms with Crippen LogP contribution in [0.2, 0.25) is 15.1 Å². The van der Waals surface area contributed by atoms with Crippen LogP contribution in [-0.4, -0.2) is 6.54 Å². The van der Waals surface area contributed by atoms with Crippen molar-refractivity contribution in [1.29, 1.82) is 0 Å². The lowest BCUT2D eigenvalue weighted by atomic mass is 10.1. The lowest BCUT2D eigenvalue weighted by molar-refractivity contribution is 0.214. The molecule has 0 aromatic heterocycles. The van der Waals surface area contributed by atoms with E-state index < -0.39 is 0 Å². The van der Waals surface area contributed by atoms with E-state index in [0.717, 1.165) is 10.0 Å². The first-order valence-corrected chi connectivity index (χ1v) is 7.70. The lowest BCUT2D eigenvalue weighted by Crippen LogP contribution is -2.18. The molecule has 0 spiro atoms. The van der Waals surface area contributed by atoms with Crippen molar-refractivity contribution >= 4 is 50.7 Å². The van der Waals surface area contributed by atoms with Crippen LogP contribution in [0.15, 0.2) is 40.9 Å². The van der Waals surface area contributed by atoms with Gasteiger partial charge in [0.15, 0.2) is 0 Å². The minimum Gasteiger partial charge on any atom is -0.483 e. The summed E-state index contributed by atoms with van der Waals surface area (Å²) >= 11 is 21.4. The van der Waals surface area contributed by atoms with Gasteiger partial charge in [-0.25, -0.2) is 0 Å². The Morgan fingerprint density at radius 3 is 2.40 bits per heavy atom. The molecular formula is C14H11BrCl3NO. The van der Waals surface area contributed by atoms with Gasteiger partial charge in [-0.3, -0.25) is 0 Å². The molecule has 0 radical (unpaired) electrons. The van der Waals surface area contributed by atoms with Gasteiger partial charge >= 0.3 is 0 Å². The molecule has 0 amide bonds. The second kappa shape index (κ2) is 7.01. The van der Waals surface area contributed by atoms with Crippen molar-refractivity contribution in [2.24, 2.45) is 5.73 Å². The Balaban J connectivity index is 2.29. The van der Waals surface area contributed by atoms with Crippen molar-refractivity contribution < 1.29 is 4.74 Å². The molecule has 20 heavy (non-hydrogen) atoms. The Bertz CT molecular complexity index is 621. The quantitative estimate of drug-likeness (QED) is 0.695. The molecule has 106 valence electrons. The van der Waals surface area contributed by atoms with Gasteiger partial charge in [-0.2, -0.15) is 0 Å². The van der Waals surface area contributed by atoms with Crippen molar-refractivity contribution in [2.75, 3.05) is 6.54 Å². The van der Waals surface area contributed by atoms with Crippen molar-refractivity contribution in [3.05, 3.63) is 61.5 Å². The first-order chi connectivity index (χ1) is 9.51. The minimum absolute atomic E-state index is 0.313. The third-order valence-corrected chi connectivity index (χ3v) is 4.19. The Morgan fingerprint density at radius 2 is 1.75 bits per heavy atom. The molecule has 2 N–H and O–H groups in total. The van der Waals surface area contributed by atoms with Crippen molar-refractivity contribution in [1.82, 2.24) is 0 Å². The molecule has 0 aliphatic carbocycles. The highest BCUT2D eigenvalue weighted by Crippen LogP contribution is 2.36. The van der Waals surface area contributed by atoms with Gasteiger partial charge in [0.25, 0.3) is 0 Å². The van der Waals surface area contributed by atoms with Gasteiger partial charge in [0, 0.05) is 17.1 Å². The fourth-order valence-corrected chi connectivity index (χ4v) is 2.71. The molecule has 2 aromatic carbocycles. The molecule has 2 rings (SSSR count). The lowest BCUT2D eigenvalue weighted by Gasteiger charge is -2.19. The van der Waals surface area contributed by atoms with Gasteiger partial charge in [-0.05, 0) is 23.8 Å². The Labute approximate surface area is 140 Å². The van der Waals surface area contributed by atoms with Crippen LogP contribution in [0.4, 0.5) is 0 Å². The van der Waals surface area contributed by atoms with Gasteiger partial charge < -0.3 is 10.5 Å². The molecule has 0 bridgehead atoms. The summed E-state index contributed by atoms with van der Waals surface area (Å²) in [6.45, 7) is 0.313. The fraction of sp³-hybridized carbons (Fsp3) is 0.143. The summed E-state index contributed by atoms with van der Waals surface area (Å²) in [5.41, 5.74) is 6.73. The number of rotatable bonds is 4. The van der Waals surface area contributed by atoms with E-state index in [4.69, 9.17) is 45.3 Å². The van der Waals surface area contributed by atoms with Crippen molar-refractivity contribution in [3.63, 3.8) is 0 Å². The highest BCUT2D eigenvalue weighted by Gasteiger charge is 2.15. The number of halogens is 4. The van der Waals surface area contributed by atoms with Crippen molar-refractivity contribution in [2.45, 2.75) is 6.10 Å². The summed E-state index contributed by atoms with van der Waals surface area (Å²) in [7, 11) is 0. The van der Waals surface area contributed by atoms with Gasteiger partial charge in [0.2, 0.25) is 0 Å². The summed E-state index contributed by atoms with van der Waals surface area (Å²) in [5.74, 6) is 0.455. The molecule has 2 aromatic rings. The van der Waals surface area contributed by atoms with Gasteiger partial charge in [0.1, 0.15) is 11.9 Å². The molecule has 1 atom stereocenters. The zero-order valence-corrected chi connectivity index (χ0v) is 14.1. The molecule has 0 heterocycles. The van der Waals surface area contributed by atoms with Gasteiger partial charge in [-0.15, -0.1) is 0 Å². The van der Waals surface area contributed by atoms with Crippen LogP contribution in [-0.2, 0) is 0 Å². The standard InChI is InChI=1S/C14H11BrCl3NO/c15-9-3-1-2-8(4-9)14(7-19)20-13-6-11(17)10(16)5-12(13)18/h1-6,14H,7,19H2. The van der Waals surface area contributed by atoms with E-state index in [1.54, 1.807) is 12.1 Å². The van der Waals surface area contributed by atoms with Crippen molar-refractivity contribution in [3.8, 4) is 5.75 Å². The van der Waals surface area contributed by atoms with E-state index in [9.17, 15) is 0 Å². The zero-order valence-electron chi connectivity index (χ0n) is 10.2. The molecule has 2 nitrogen and oxygen atoms in total. The number of hydrogen-bond donors (Lipinski definition) is 1. The predicted molar refractivity (Wildman–Crippen MR) is 88.0 cm³/mol. The molecule has 0 saturated carbocycles. The van der Waals surface area contributed by atoms with Crippen LogP contribution in [0.1, 0.15) is 11.7 Å². The Kier molecular flexibility index (Phi) is 5.58. The highest BCUT2D eigenvalue weighted by molar-refractivity contribution is 9.10. The molecular weight excluding hydrogens is 384 g/mol. The van der Waals surface area contributed by atoms with Crippen LogP contribution in [0.3, 0.4) is 0 Å². The number of hydrogen-bond acceptors (Lipinski definition) is 2. The summed E-state index contributed by atoms with van der Waals surface area (Å²) in [6, 6.07) is 10.9. The topological polar surface area (TPSA) is 35.2 Å². The minimum atomic E-state index is -0.317. The van der Waals surface area contributed by atoms with E-state index in [1.807, 2.05) is 24.3 Å². The second-order valence-electron chi connectivity index (χ2n) is 4.09. The fourth-order valence-electron chi connectivity index (χ4n) is 1.71. The molecule has 0 aliphatic rings. The molecule has 0 saturated heterocycles. The maximum Gasteiger partial charge on any atom is 0.140 e. The first kappa shape index (κ1) is 15.9. The smallest absolute Gasteiger partial charge is 0.140 e. The van der Waals surface area contributed by atoms with E-state index >= 15 is 0 Å². The van der Waals surface area contributed by atoms with Gasteiger partial charge in [0.05, 0.1) is 15.1 Å². The van der Waals surface area contributed by atoms with Crippen LogP contribution < -0.4 is 10.5 Å². The van der Waals surface area contributed by atoms with E-state index in [-0.39, 0.29) is 6.10 Å².